The van der Waals surface area contributed by atoms with Gasteiger partial charge in [0.2, 0.25) is 0 Å². The summed E-state index contributed by atoms with van der Waals surface area (Å²) >= 11 is 1.23. The highest BCUT2D eigenvalue weighted by molar-refractivity contribution is 8.18. The first-order chi connectivity index (χ1) is 16.9. The van der Waals surface area contributed by atoms with Gasteiger partial charge in [0.05, 0.1) is 29.9 Å². The lowest BCUT2D eigenvalue weighted by Crippen LogP contribution is -2.19. The van der Waals surface area contributed by atoms with Gasteiger partial charge in [-0.3, -0.25) is 4.79 Å². The van der Waals surface area contributed by atoms with Crippen molar-refractivity contribution in [2.75, 3.05) is 13.7 Å². The second-order valence-corrected chi connectivity index (χ2v) is 8.61. The number of rotatable bonds is 7. The van der Waals surface area contributed by atoms with Crippen molar-refractivity contribution in [3.05, 3.63) is 88.3 Å². The Morgan fingerprint density at radius 1 is 1.03 bits per heavy atom. The van der Waals surface area contributed by atoms with Gasteiger partial charge < -0.3 is 19.5 Å². The number of nitrogens with one attached hydrogen (secondary N) is 1. The number of aliphatic imine (C=N–C) groups is 1. The Kier molecular flexibility index (Phi) is 7.52. The normalized spacial score (nSPS) is 15.2. The summed E-state index contributed by atoms with van der Waals surface area (Å²) in [6.07, 6.45) is 1.72. The van der Waals surface area contributed by atoms with Gasteiger partial charge in [0.25, 0.3) is 5.91 Å². The molecule has 8 heteroatoms. The first-order valence-electron chi connectivity index (χ1n) is 10.9. The van der Waals surface area contributed by atoms with E-state index in [9.17, 15) is 9.59 Å². The molecule has 1 N–H and O–H groups in total. The second-order valence-electron chi connectivity index (χ2n) is 7.57. The number of carbonyl (C=O) groups is 2. The van der Waals surface area contributed by atoms with Gasteiger partial charge in [-0.15, -0.1) is 0 Å². The molecule has 0 spiro atoms. The number of thioether (sulfide) groups is 1. The number of nitrogens with zero attached hydrogens (tertiary/aromatic N) is 1. The van der Waals surface area contributed by atoms with Crippen LogP contribution in [0, 0.1) is 6.92 Å². The molecule has 1 saturated heterocycles. The van der Waals surface area contributed by atoms with E-state index in [1.54, 1.807) is 67.8 Å². The Labute approximate surface area is 207 Å². The van der Waals surface area contributed by atoms with Crippen molar-refractivity contribution in [3.63, 3.8) is 0 Å². The van der Waals surface area contributed by atoms with E-state index in [0.717, 1.165) is 11.3 Å². The molecule has 0 unspecified atom stereocenters. The van der Waals surface area contributed by atoms with Gasteiger partial charge in [0.15, 0.2) is 16.7 Å². The zero-order valence-corrected chi connectivity index (χ0v) is 20.3. The predicted octanol–water partition coefficient (Wildman–Crippen LogP) is 5.51. The third kappa shape index (κ3) is 6.10. The first-order valence-corrected chi connectivity index (χ1v) is 11.8. The van der Waals surface area contributed by atoms with Crippen LogP contribution in [0.15, 0.2) is 76.6 Å². The van der Waals surface area contributed by atoms with Crippen LogP contribution in [0.4, 0.5) is 5.69 Å². The monoisotopic (exact) mass is 488 g/mol. The minimum atomic E-state index is -0.488. The summed E-state index contributed by atoms with van der Waals surface area (Å²) in [5.41, 5.74) is 2.86. The van der Waals surface area contributed by atoms with Gasteiger partial charge >= 0.3 is 5.97 Å². The quantitative estimate of drug-likeness (QED) is 0.268. The Balaban J connectivity index is 1.55. The molecule has 3 aromatic carbocycles. The van der Waals surface area contributed by atoms with Crippen LogP contribution in [0.5, 0.6) is 17.2 Å². The molecule has 1 heterocycles. The van der Waals surface area contributed by atoms with Gasteiger partial charge in [-0.1, -0.05) is 23.8 Å². The van der Waals surface area contributed by atoms with E-state index in [-0.39, 0.29) is 11.7 Å². The average Bonchev–Trinajstić information content (AvgIpc) is 3.19. The standard InChI is InChI=1S/C27H24N2O5S/c1-4-33-22-14-7-18(15-23(22)34-26(31)19-8-5-17(2)6-9-19)16-24-25(30)29-27(35-24)28-20-10-12-21(32-3)13-11-20/h5-16H,4H2,1-3H3,(H,28,29,30)/b24-16-. The summed E-state index contributed by atoms with van der Waals surface area (Å²) < 4.78 is 16.4. The van der Waals surface area contributed by atoms with Crippen LogP contribution in [0.1, 0.15) is 28.4 Å². The molecule has 7 nitrogen and oxygen atoms in total. The summed E-state index contributed by atoms with van der Waals surface area (Å²) in [6, 6.07) is 19.5. The molecule has 1 fully saturated rings. The summed E-state index contributed by atoms with van der Waals surface area (Å²) in [4.78, 5) is 30.1. The van der Waals surface area contributed by atoms with Gasteiger partial charge in [0.1, 0.15) is 5.75 Å². The summed E-state index contributed by atoms with van der Waals surface area (Å²) in [5, 5.41) is 3.25. The molecule has 4 rings (SSSR count). The van der Waals surface area contributed by atoms with E-state index in [1.165, 1.54) is 11.8 Å². The fraction of sp³-hybridized carbons (Fsp3) is 0.148. The SMILES string of the molecule is CCOc1ccc(/C=C2\SC(=Nc3ccc(OC)cc3)NC2=O)cc1OC(=O)c1ccc(C)cc1. The molecular formula is C27H24N2O5S. The Morgan fingerprint density at radius 2 is 1.77 bits per heavy atom. The van der Waals surface area contributed by atoms with Crippen molar-refractivity contribution in [1.29, 1.82) is 0 Å². The Morgan fingerprint density at radius 3 is 2.46 bits per heavy atom. The molecule has 0 saturated carbocycles. The predicted molar refractivity (Wildman–Crippen MR) is 138 cm³/mol. The number of hydrogen-bond acceptors (Lipinski definition) is 7. The Hall–Kier alpha value is -4.04. The van der Waals surface area contributed by atoms with Crippen molar-refractivity contribution in [2.45, 2.75) is 13.8 Å². The highest BCUT2D eigenvalue weighted by atomic mass is 32.2. The number of benzene rings is 3. The van der Waals surface area contributed by atoms with E-state index in [1.807, 2.05) is 26.0 Å². The van der Waals surface area contributed by atoms with Crippen LogP contribution in [0.2, 0.25) is 0 Å². The Bertz CT molecular complexity index is 1300. The van der Waals surface area contributed by atoms with E-state index in [0.29, 0.717) is 39.2 Å². The van der Waals surface area contributed by atoms with Crippen LogP contribution in [0.25, 0.3) is 6.08 Å². The van der Waals surface area contributed by atoms with Crippen LogP contribution in [0.3, 0.4) is 0 Å². The molecule has 0 radical (unpaired) electrons. The van der Waals surface area contributed by atoms with Crippen molar-refractivity contribution >= 4 is 40.6 Å². The zero-order valence-electron chi connectivity index (χ0n) is 19.5. The third-order valence-electron chi connectivity index (χ3n) is 5.01. The maximum absolute atomic E-state index is 12.7. The molecule has 0 aromatic heterocycles. The number of esters is 1. The minimum absolute atomic E-state index is 0.255. The maximum Gasteiger partial charge on any atom is 0.343 e. The van der Waals surface area contributed by atoms with E-state index < -0.39 is 5.97 Å². The van der Waals surface area contributed by atoms with Crippen molar-refractivity contribution in [3.8, 4) is 17.2 Å². The van der Waals surface area contributed by atoms with Crippen LogP contribution < -0.4 is 19.5 Å². The average molecular weight is 489 g/mol. The lowest BCUT2D eigenvalue weighted by atomic mass is 10.1. The van der Waals surface area contributed by atoms with Crippen molar-refractivity contribution in [2.24, 2.45) is 4.99 Å². The highest BCUT2D eigenvalue weighted by Crippen LogP contribution is 2.33. The van der Waals surface area contributed by atoms with E-state index in [2.05, 4.69) is 10.3 Å². The minimum Gasteiger partial charge on any atom is -0.497 e. The largest absolute Gasteiger partial charge is 0.497 e. The smallest absolute Gasteiger partial charge is 0.343 e. The van der Waals surface area contributed by atoms with Crippen LogP contribution >= 0.6 is 11.8 Å². The number of amides is 1. The summed E-state index contributed by atoms with van der Waals surface area (Å²) in [6.45, 7) is 4.22. The zero-order chi connectivity index (χ0) is 24.8. The molecule has 0 bridgehead atoms. The molecular weight excluding hydrogens is 464 g/mol. The first kappa shape index (κ1) is 24.1. The van der Waals surface area contributed by atoms with Crippen molar-refractivity contribution < 1.29 is 23.8 Å². The van der Waals surface area contributed by atoms with Crippen molar-refractivity contribution in [1.82, 2.24) is 5.32 Å². The van der Waals surface area contributed by atoms with Crippen LogP contribution in [-0.4, -0.2) is 30.8 Å². The fourth-order valence-electron chi connectivity index (χ4n) is 3.22. The third-order valence-corrected chi connectivity index (χ3v) is 5.92. The fourth-order valence-corrected chi connectivity index (χ4v) is 4.07. The molecule has 1 amide bonds. The van der Waals surface area contributed by atoms with Gasteiger partial charge in [-0.25, -0.2) is 9.79 Å². The number of amidine groups is 1. The molecule has 1 aliphatic rings. The number of aryl methyl sites for hydroxylation is 1. The van der Waals surface area contributed by atoms with Crippen LogP contribution in [-0.2, 0) is 4.79 Å². The maximum atomic E-state index is 12.7. The van der Waals surface area contributed by atoms with Gasteiger partial charge in [-0.05, 0) is 85.8 Å². The molecule has 178 valence electrons. The second kappa shape index (κ2) is 10.9. The lowest BCUT2D eigenvalue weighted by molar-refractivity contribution is -0.115. The van der Waals surface area contributed by atoms with Gasteiger partial charge in [-0.2, -0.15) is 0 Å². The lowest BCUT2D eigenvalue weighted by Gasteiger charge is -2.11. The highest BCUT2D eigenvalue weighted by Gasteiger charge is 2.24. The number of carbonyl (C=O) groups excluding carboxylic acids is 2. The number of ether oxygens (including phenoxy) is 3. The molecule has 35 heavy (non-hydrogen) atoms. The van der Waals surface area contributed by atoms with Gasteiger partial charge in [0, 0.05) is 0 Å². The summed E-state index contributed by atoms with van der Waals surface area (Å²) in [5.74, 6) is 0.710. The van der Waals surface area contributed by atoms with E-state index in [4.69, 9.17) is 14.2 Å². The molecule has 0 atom stereocenters. The number of hydrogen-bond donors (Lipinski definition) is 1. The molecule has 0 aliphatic carbocycles. The summed E-state index contributed by atoms with van der Waals surface area (Å²) in [7, 11) is 1.60. The number of methoxy groups -OCH3 is 1. The molecule has 3 aromatic rings. The molecule has 1 aliphatic heterocycles. The topological polar surface area (TPSA) is 86.2 Å². The van der Waals surface area contributed by atoms with E-state index >= 15 is 0 Å².